The molecule has 0 aliphatic carbocycles. The molecule has 1 aliphatic heterocycles. The summed E-state index contributed by atoms with van der Waals surface area (Å²) in [5.41, 5.74) is 1.86. The molecule has 1 amide bonds. The number of piperidine rings is 1. The topological polar surface area (TPSA) is 72.4 Å². The summed E-state index contributed by atoms with van der Waals surface area (Å²) in [6.07, 6.45) is 1.84. The summed E-state index contributed by atoms with van der Waals surface area (Å²) < 4.78 is 11.0. The number of amides is 1. The second kappa shape index (κ2) is 6.78. The Kier molecular flexibility index (Phi) is 4.32. The number of hydrogen-bond acceptors (Lipinski definition) is 5. The van der Waals surface area contributed by atoms with E-state index in [1.54, 1.807) is 0 Å². The van der Waals surface area contributed by atoms with Gasteiger partial charge in [-0.2, -0.15) is 4.98 Å². The third kappa shape index (κ3) is 3.27. The normalized spacial score (nSPS) is 17.5. The molecule has 6 nitrogen and oxygen atoms in total. The fourth-order valence-corrected chi connectivity index (χ4v) is 3.30. The molecule has 0 saturated carbocycles. The van der Waals surface area contributed by atoms with Gasteiger partial charge in [-0.15, -0.1) is 0 Å². The molecule has 26 heavy (non-hydrogen) atoms. The van der Waals surface area contributed by atoms with Crippen molar-refractivity contribution in [3.63, 3.8) is 0 Å². The molecule has 6 heteroatoms. The first kappa shape index (κ1) is 16.6. The summed E-state index contributed by atoms with van der Waals surface area (Å²) in [6.45, 7) is 5.23. The molecule has 0 spiro atoms. The maximum Gasteiger partial charge on any atom is 0.253 e. The van der Waals surface area contributed by atoms with Crippen LogP contribution in [-0.2, 0) is 0 Å². The highest BCUT2D eigenvalue weighted by Gasteiger charge is 2.29. The van der Waals surface area contributed by atoms with E-state index in [1.807, 2.05) is 55.1 Å². The van der Waals surface area contributed by atoms with E-state index in [1.165, 1.54) is 0 Å². The van der Waals surface area contributed by atoms with Crippen LogP contribution in [0.15, 0.2) is 45.3 Å². The molecule has 0 N–H and O–H groups in total. The Bertz CT molecular complexity index is 911. The fourth-order valence-electron chi connectivity index (χ4n) is 3.30. The smallest absolute Gasteiger partial charge is 0.253 e. The van der Waals surface area contributed by atoms with Crippen LogP contribution in [0.4, 0.5) is 0 Å². The van der Waals surface area contributed by atoms with Crippen LogP contribution < -0.4 is 0 Å². The van der Waals surface area contributed by atoms with E-state index in [2.05, 4.69) is 10.1 Å². The van der Waals surface area contributed by atoms with Crippen molar-refractivity contribution in [1.82, 2.24) is 15.0 Å². The molecule has 4 rings (SSSR count). The van der Waals surface area contributed by atoms with E-state index in [-0.39, 0.29) is 11.8 Å². The van der Waals surface area contributed by atoms with Crippen LogP contribution in [0.3, 0.4) is 0 Å². The molecule has 0 bridgehead atoms. The first-order valence-electron chi connectivity index (χ1n) is 8.86. The number of carbonyl (C=O) groups excluding carboxylic acids is 1. The third-order valence-electron chi connectivity index (χ3n) is 4.76. The predicted octanol–water partition coefficient (Wildman–Crippen LogP) is 3.97. The molecule has 3 heterocycles. The Hall–Kier alpha value is -2.89. The Morgan fingerprint density at radius 1 is 1.15 bits per heavy atom. The first-order valence-corrected chi connectivity index (χ1v) is 8.86. The summed E-state index contributed by atoms with van der Waals surface area (Å²) in [5, 5.41) is 4.03. The average molecular weight is 351 g/mol. The van der Waals surface area contributed by atoms with Gasteiger partial charge < -0.3 is 13.8 Å². The maximum atomic E-state index is 12.8. The lowest BCUT2D eigenvalue weighted by Gasteiger charge is -2.31. The molecule has 3 aromatic rings. The van der Waals surface area contributed by atoms with Crippen molar-refractivity contribution >= 4 is 5.91 Å². The number of carbonyl (C=O) groups is 1. The molecule has 0 radical (unpaired) electrons. The van der Waals surface area contributed by atoms with Crippen LogP contribution in [0.5, 0.6) is 0 Å². The Balaban J connectivity index is 1.49. The minimum absolute atomic E-state index is 0.0513. The van der Waals surface area contributed by atoms with E-state index in [0.717, 1.165) is 30.7 Å². The van der Waals surface area contributed by atoms with E-state index >= 15 is 0 Å². The van der Waals surface area contributed by atoms with E-state index < -0.39 is 0 Å². The highest BCUT2D eigenvalue weighted by atomic mass is 16.5. The fraction of sp³-hybridized carbons (Fsp3) is 0.350. The molecule has 1 aliphatic rings. The highest BCUT2D eigenvalue weighted by molar-refractivity contribution is 5.94. The Morgan fingerprint density at radius 3 is 2.69 bits per heavy atom. The van der Waals surface area contributed by atoms with E-state index in [4.69, 9.17) is 8.94 Å². The van der Waals surface area contributed by atoms with Crippen molar-refractivity contribution in [2.24, 2.45) is 0 Å². The largest absolute Gasteiger partial charge is 0.458 e. The van der Waals surface area contributed by atoms with Crippen LogP contribution in [0.25, 0.3) is 11.6 Å². The monoisotopic (exact) mass is 351 g/mol. The zero-order valence-corrected chi connectivity index (χ0v) is 14.9. The molecule has 1 atom stereocenters. The molecule has 134 valence electrons. The second-order valence-corrected chi connectivity index (χ2v) is 6.82. The molecule has 1 fully saturated rings. The van der Waals surface area contributed by atoms with Crippen LogP contribution in [-0.4, -0.2) is 34.0 Å². The minimum Gasteiger partial charge on any atom is -0.458 e. The van der Waals surface area contributed by atoms with Crippen LogP contribution in [0.1, 0.15) is 46.3 Å². The lowest BCUT2D eigenvalue weighted by atomic mass is 9.97. The summed E-state index contributed by atoms with van der Waals surface area (Å²) in [7, 11) is 0. The lowest BCUT2D eigenvalue weighted by Crippen LogP contribution is -2.39. The highest BCUT2D eigenvalue weighted by Crippen LogP contribution is 2.28. The van der Waals surface area contributed by atoms with Gasteiger partial charge >= 0.3 is 0 Å². The van der Waals surface area contributed by atoms with E-state index in [0.29, 0.717) is 29.6 Å². The number of aryl methyl sites for hydroxylation is 2. The van der Waals surface area contributed by atoms with Crippen molar-refractivity contribution < 1.29 is 13.7 Å². The maximum absolute atomic E-state index is 12.8. The van der Waals surface area contributed by atoms with Crippen LogP contribution in [0.2, 0.25) is 0 Å². The zero-order valence-electron chi connectivity index (χ0n) is 14.9. The standard InChI is InChI=1S/C20H21N3O3/c1-13-5-8-15(9-6-13)20(24)23-11-3-4-16(12-23)19-21-18(22-26-19)17-10-7-14(2)25-17/h5-10,16H,3-4,11-12H2,1-2H3/t16-/m0/s1. The molecular weight excluding hydrogens is 330 g/mol. The predicted molar refractivity (Wildman–Crippen MR) is 95.8 cm³/mol. The van der Waals surface area contributed by atoms with Gasteiger partial charge in [0.25, 0.3) is 5.91 Å². The van der Waals surface area contributed by atoms with Gasteiger partial charge in [0, 0.05) is 18.7 Å². The lowest BCUT2D eigenvalue weighted by molar-refractivity contribution is 0.0695. The Labute approximate surface area is 151 Å². The summed E-state index contributed by atoms with van der Waals surface area (Å²) in [6, 6.07) is 11.4. The number of furan rings is 1. The van der Waals surface area contributed by atoms with Gasteiger partial charge in [-0.25, -0.2) is 0 Å². The zero-order chi connectivity index (χ0) is 18.1. The van der Waals surface area contributed by atoms with Gasteiger partial charge in [0.15, 0.2) is 5.76 Å². The van der Waals surface area contributed by atoms with Crippen LogP contribution in [0, 0.1) is 13.8 Å². The second-order valence-electron chi connectivity index (χ2n) is 6.82. The van der Waals surface area contributed by atoms with Gasteiger partial charge in [0.05, 0.1) is 5.92 Å². The number of rotatable bonds is 3. The van der Waals surface area contributed by atoms with Crippen LogP contribution >= 0.6 is 0 Å². The SMILES string of the molecule is Cc1ccc(C(=O)N2CCC[C@H](c3nc(-c4ccc(C)o4)no3)C2)cc1. The summed E-state index contributed by atoms with van der Waals surface area (Å²) >= 11 is 0. The molecule has 2 aromatic heterocycles. The summed E-state index contributed by atoms with van der Waals surface area (Å²) in [4.78, 5) is 19.1. The van der Waals surface area contributed by atoms with Gasteiger partial charge in [0.2, 0.25) is 11.7 Å². The number of benzene rings is 1. The third-order valence-corrected chi connectivity index (χ3v) is 4.76. The van der Waals surface area contributed by atoms with Crippen molar-refractivity contribution in [1.29, 1.82) is 0 Å². The minimum atomic E-state index is 0.0513. The molecular formula is C20H21N3O3. The van der Waals surface area contributed by atoms with Crippen molar-refractivity contribution in [3.8, 4) is 11.6 Å². The summed E-state index contributed by atoms with van der Waals surface area (Å²) in [5.74, 6) is 2.52. The quantitative estimate of drug-likeness (QED) is 0.714. The van der Waals surface area contributed by atoms with Crippen molar-refractivity contribution in [2.75, 3.05) is 13.1 Å². The van der Waals surface area contributed by atoms with Gasteiger partial charge in [-0.05, 0) is 51.0 Å². The molecule has 1 saturated heterocycles. The van der Waals surface area contributed by atoms with Gasteiger partial charge in [-0.1, -0.05) is 22.9 Å². The van der Waals surface area contributed by atoms with Crippen molar-refractivity contribution in [2.45, 2.75) is 32.6 Å². The number of hydrogen-bond donors (Lipinski definition) is 0. The number of likely N-dealkylation sites (tertiary alicyclic amines) is 1. The first-order chi connectivity index (χ1) is 12.6. The average Bonchev–Trinajstić information content (AvgIpc) is 3.31. The number of aromatic nitrogens is 2. The van der Waals surface area contributed by atoms with Gasteiger partial charge in [0.1, 0.15) is 5.76 Å². The molecule has 0 unspecified atom stereocenters. The number of nitrogens with zero attached hydrogens (tertiary/aromatic N) is 3. The van der Waals surface area contributed by atoms with Crippen molar-refractivity contribution in [3.05, 3.63) is 59.2 Å². The Morgan fingerprint density at radius 2 is 1.96 bits per heavy atom. The molecule has 1 aromatic carbocycles. The van der Waals surface area contributed by atoms with E-state index in [9.17, 15) is 4.79 Å². The van der Waals surface area contributed by atoms with Gasteiger partial charge in [-0.3, -0.25) is 4.79 Å².